The predicted molar refractivity (Wildman–Crippen MR) is 183 cm³/mol. The number of aromatic nitrogens is 7. The molecular formula is C36H39N11O2. The molecule has 1 aliphatic heterocycles. The minimum atomic E-state index is -0.369. The van der Waals surface area contributed by atoms with Crippen molar-refractivity contribution in [2.75, 3.05) is 17.2 Å². The number of urea groups is 1. The van der Waals surface area contributed by atoms with Gasteiger partial charge in [-0.3, -0.25) is 9.58 Å². The summed E-state index contributed by atoms with van der Waals surface area (Å²) in [6.45, 7) is 0.966. The molecule has 7 rings (SSSR count). The van der Waals surface area contributed by atoms with E-state index in [0.29, 0.717) is 42.3 Å². The fourth-order valence-corrected chi connectivity index (χ4v) is 7.33. The number of amides is 2. The largest absolute Gasteiger partial charge is 0.368 e. The number of pyridine rings is 1. The van der Waals surface area contributed by atoms with Crippen molar-refractivity contribution in [1.82, 2.24) is 39.8 Å². The maximum Gasteiger partial charge on any atom is 0.323 e. The Morgan fingerprint density at radius 1 is 1.04 bits per heavy atom. The molecule has 0 bridgehead atoms. The van der Waals surface area contributed by atoms with Crippen molar-refractivity contribution < 1.29 is 9.53 Å². The molecule has 1 aliphatic carbocycles. The van der Waals surface area contributed by atoms with Crippen molar-refractivity contribution in [3.8, 4) is 28.6 Å². The van der Waals surface area contributed by atoms with E-state index in [4.69, 9.17) is 15.5 Å². The van der Waals surface area contributed by atoms with Gasteiger partial charge in [0, 0.05) is 56.0 Å². The van der Waals surface area contributed by atoms with Crippen LogP contribution in [0.2, 0.25) is 0 Å². The first kappa shape index (κ1) is 32.0. The number of anilines is 2. The highest BCUT2D eigenvalue weighted by Crippen LogP contribution is 2.43. The zero-order chi connectivity index (χ0) is 33.7. The molecule has 0 radical (unpaired) electrons. The molecule has 49 heavy (non-hydrogen) atoms. The van der Waals surface area contributed by atoms with Crippen LogP contribution >= 0.6 is 0 Å². The molecule has 1 saturated heterocycles. The third kappa shape index (κ3) is 6.86. The van der Waals surface area contributed by atoms with Crippen LogP contribution in [0, 0.1) is 23.2 Å². The van der Waals surface area contributed by atoms with Crippen molar-refractivity contribution in [2.24, 2.45) is 18.9 Å². The van der Waals surface area contributed by atoms with Crippen LogP contribution in [0.5, 0.6) is 0 Å². The van der Waals surface area contributed by atoms with Crippen molar-refractivity contribution in [3.05, 3.63) is 90.6 Å². The van der Waals surface area contributed by atoms with Crippen LogP contribution in [0.4, 0.5) is 16.6 Å². The molecule has 13 nitrogen and oxygen atoms in total. The molecule has 0 spiro atoms. The summed E-state index contributed by atoms with van der Waals surface area (Å²) in [5, 5.41) is 21.8. The molecule has 13 heteroatoms. The summed E-state index contributed by atoms with van der Waals surface area (Å²) < 4.78 is 9.88. The Bertz CT molecular complexity index is 1930. The number of hydrogen-bond donors (Lipinski definition) is 2. The summed E-state index contributed by atoms with van der Waals surface area (Å²) in [7, 11) is 1.89. The standard InChI is InChI=1S/C36H39N11O2/c1-45-23-28(22-43-45)26-11-12-32(39-20-26)46(36(48)41-19-24-7-3-2-4-8-24)30-10-6-5-9-29(30)25-14-16-49-33(17-25)47-31(13-15-42-47)34-27(18-37)21-40-35(38)44-34/h2-4,7-8,11-13,15,20-23,25,29-30,33H,5-6,9-10,14,16-17,19H2,1H3,(H,41,48)(H2,38,40,44)/t25?,29-,30?,33?/m1/s1. The summed E-state index contributed by atoms with van der Waals surface area (Å²) in [5.41, 5.74) is 10.2. The molecule has 250 valence electrons. The Morgan fingerprint density at radius 3 is 2.67 bits per heavy atom. The van der Waals surface area contributed by atoms with E-state index in [-0.39, 0.29) is 36.1 Å². The van der Waals surface area contributed by atoms with Crippen LogP contribution in [0.1, 0.15) is 55.9 Å². The molecule has 1 aromatic carbocycles. The number of rotatable bonds is 8. The van der Waals surface area contributed by atoms with Crippen LogP contribution in [0.15, 0.2) is 79.5 Å². The molecule has 5 aromatic rings. The van der Waals surface area contributed by atoms with Gasteiger partial charge in [-0.25, -0.2) is 24.4 Å². The van der Waals surface area contributed by atoms with Gasteiger partial charge >= 0.3 is 6.03 Å². The zero-order valence-corrected chi connectivity index (χ0v) is 27.4. The Balaban J connectivity index is 1.17. The van der Waals surface area contributed by atoms with Crippen LogP contribution in [0.25, 0.3) is 22.5 Å². The highest BCUT2D eigenvalue weighted by molar-refractivity contribution is 5.92. The van der Waals surface area contributed by atoms with Gasteiger partial charge < -0.3 is 15.8 Å². The first-order valence-corrected chi connectivity index (χ1v) is 16.7. The molecule has 2 fully saturated rings. The van der Waals surface area contributed by atoms with E-state index >= 15 is 0 Å². The maximum atomic E-state index is 14.2. The fraction of sp³-hybridized carbons (Fsp3) is 0.361. The van der Waals surface area contributed by atoms with E-state index in [0.717, 1.165) is 48.8 Å². The Labute approximate surface area is 284 Å². The molecule has 3 unspecified atom stereocenters. The zero-order valence-electron chi connectivity index (χ0n) is 27.4. The topological polar surface area (TPSA) is 166 Å². The summed E-state index contributed by atoms with van der Waals surface area (Å²) in [5.74, 6) is 1.18. The molecular weight excluding hydrogens is 618 g/mol. The molecule has 4 atom stereocenters. The normalized spacial score (nSPS) is 20.7. The monoisotopic (exact) mass is 657 g/mol. The maximum absolute atomic E-state index is 14.2. The van der Waals surface area contributed by atoms with Crippen molar-refractivity contribution in [1.29, 1.82) is 5.26 Å². The molecule has 2 amide bonds. The average molecular weight is 658 g/mol. The number of nitrogens with two attached hydrogens (primary N) is 1. The SMILES string of the molecule is Cn1cc(-c2ccc(N(C(=O)NCc3ccccc3)C3CCCC[C@@H]3C3CCOC(n4nccc4-c4nc(N)ncc4C#N)C3)nc2)cn1. The summed E-state index contributed by atoms with van der Waals surface area (Å²) >= 11 is 0. The number of carbonyl (C=O) groups is 1. The van der Waals surface area contributed by atoms with Gasteiger partial charge in [0.25, 0.3) is 0 Å². The minimum Gasteiger partial charge on any atom is -0.368 e. The summed E-state index contributed by atoms with van der Waals surface area (Å²) in [6, 6.07) is 17.6. The van der Waals surface area contributed by atoms with Gasteiger partial charge in [0.05, 0.1) is 23.7 Å². The quantitative estimate of drug-likeness (QED) is 0.219. The highest BCUT2D eigenvalue weighted by Gasteiger charge is 2.41. The number of nitrogens with one attached hydrogen (secondary N) is 1. The van der Waals surface area contributed by atoms with Crippen molar-refractivity contribution in [2.45, 2.75) is 57.3 Å². The third-order valence-electron chi connectivity index (χ3n) is 9.67. The number of hydrogen-bond acceptors (Lipinski definition) is 9. The molecule has 3 N–H and O–H groups in total. The van der Waals surface area contributed by atoms with Gasteiger partial charge in [-0.1, -0.05) is 43.2 Å². The van der Waals surface area contributed by atoms with Crippen LogP contribution in [0.3, 0.4) is 0 Å². The lowest BCUT2D eigenvalue weighted by molar-refractivity contribution is -0.0748. The summed E-state index contributed by atoms with van der Waals surface area (Å²) in [6.07, 6.45) is 13.9. The van der Waals surface area contributed by atoms with Gasteiger partial charge in [0.2, 0.25) is 5.95 Å². The second kappa shape index (κ2) is 14.2. The first-order chi connectivity index (χ1) is 24.0. The molecule has 1 saturated carbocycles. The number of ether oxygens (including phenoxy) is 1. The van der Waals surface area contributed by atoms with Gasteiger partial charge in [-0.2, -0.15) is 15.5 Å². The second-order valence-corrected chi connectivity index (χ2v) is 12.7. The number of nitriles is 1. The molecule has 2 aliphatic rings. The smallest absolute Gasteiger partial charge is 0.323 e. The van der Waals surface area contributed by atoms with Gasteiger partial charge in [0.1, 0.15) is 17.6 Å². The number of aryl methyl sites for hydroxylation is 1. The van der Waals surface area contributed by atoms with Crippen LogP contribution in [-0.4, -0.2) is 53.2 Å². The Hall–Kier alpha value is -5.61. The fourth-order valence-electron chi connectivity index (χ4n) is 7.33. The van der Waals surface area contributed by atoms with Gasteiger partial charge in [-0.05, 0) is 61.3 Å². The van der Waals surface area contributed by atoms with E-state index in [1.165, 1.54) is 6.20 Å². The lowest BCUT2D eigenvalue weighted by atomic mass is 9.72. The average Bonchev–Trinajstić information content (AvgIpc) is 3.82. The number of carbonyl (C=O) groups excluding carboxylic acids is 1. The number of benzene rings is 1. The number of nitrogen functional groups attached to an aromatic ring is 1. The van der Waals surface area contributed by atoms with Crippen LogP contribution < -0.4 is 16.0 Å². The Kier molecular flexibility index (Phi) is 9.29. The van der Waals surface area contributed by atoms with Gasteiger partial charge in [0.15, 0.2) is 6.23 Å². The summed E-state index contributed by atoms with van der Waals surface area (Å²) in [4.78, 5) is 29.3. The molecule has 5 heterocycles. The number of nitrogens with zero attached hydrogens (tertiary/aromatic N) is 9. The lowest BCUT2D eigenvalue weighted by Gasteiger charge is -2.45. The molecule has 4 aromatic heterocycles. The van der Waals surface area contributed by atoms with E-state index in [1.54, 1.807) is 15.6 Å². The van der Waals surface area contributed by atoms with E-state index in [2.05, 4.69) is 31.6 Å². The van der Waals surface area contributed by atoms with E-state index in [9.17, 15) is 10.1 Å². The van der Waals surface area contributed by atoms with E-state index < -0.39 is 0 Å². The van der Waals surface area contributed by atoms with Crippen molar-refractivity contribution in [3.63, 3.8) is 0 Å². The minimum absolute atomic E-state index is 0.0611. The van der Waals surface area contributed by atoms with Crippen LogP contribution in [-0.2, 0) is 18.3 Å². The predicted octanol–water partition coefficient (Wildman–Crippen LogP) is 5.49. The first-order valence-electron chi connectivity index (χ1n) is 16.7. The second-order valence-electron chi connectivity index (χ2n) is 12.7. The van der Waals surface area contributed by atoms with Crippen molar-refractivity contribution >= 4 is 17.8 Å². The highest BCUT2D eigenvalue weighted by atomic mass is 16.5. The van der Waals surface area contributed by atoms with E-state index in [1.807, 2.05) is 79.1 Å². The van der Waals surface area contributed by atoms with Gasteiger partial charge in [-0.15, -0.1) is 0 Å². The lowest BCUT2D eigenvalue weighted by Crippen LogP contribution is -2.53. The third-order valence-corrected chi connectivity index (χ3v) is 9.67. The Morgan fingerprint density at radius 2 is 1.90 bits per heavy atom.